The van der Waals surface area contributed by atoms with Gasteiger partial charge in [-0.3, -0.25) is 10.3 Å². The molecule has 6 nitrogen and oxygen atoms in total. The van der Waals surface area contributed by atoms with Crippen molar-refractivity contribution in [3.05, 3.63) is 30.1 Å². The highest BCUT2D eigenvalue weighted by atomic mass is 16.6. The van der Waals surface area contributed by atoms with Gasteiger partial charge in [-0.25, -0.2) is 9.59 Å². The highest BCUT2D eigenvalue weighted by Gasteiger charge is 2.17. The fourth-order valence-electron chi connectivity index (χ4n) is 1.41. The van der Waals surface area contributed by atoms with Gasteiger partial charge in [-0.1, -0.05) is 0 Å². The van der Waals surface area contributed by atoms with E-state index in [1.807, 2.05) is 0 Å². The molecule has 6 heteroatoms. The quantitative estimate of drug-likeness (QED) is 0.682. The van der Waals surface area contributed by atoms with Crippen LogP contribution < -0.4 is 5.32 Å². The summed E-state index contributed by atoms with van der Waals surface area (Å²) in [5.41, 5.74) is 0.302. The molecule has 1 amide bonds. The maximum Gasteiger partial charge on any atom is 0.412 e. The molecule has 114 valence electrons. The van der Waals surface area contributed by atoms with Crippen LogP contribution in [0, 0.1) is 0 Å². The topological polar surface area (TPSA) is 77.5 Å². The van der Waals surface area contributed by atoms with Gasteiger partial charge in [0.1, 0.15) is 5.60 Å². The number of rotatable bonds is 4. The number of nitrogens with zero attached hydrogens (tertiary/aromatic N) is 1. The molecular weight excluding hydrogens is 272 g/mol. The lowest BCUT2D eigenvalue weighted by Crippen LogP contribution is -2.27. The molecule has 0 saturated carbocycles. The van der Waals surface area contributed by atoms with E-state index in [1.165, 1.54) is 12.2 Å². The minimum atomic E-state index is -0.590. The zero-order chi connectivity index (χ0) is 15.9. The number of ether oxygens (including phenoxy) is 2. The average molecular weight is 292 g/mol. The number of nitrogens with one attached hydrogen (secondary N) is 1. The van der Waals surface area contributed by atoms with E-state index in [0.717, 1.165) is 0 Å². The standard InChI is InChI=1S/C15H20N2O4/c1-5-20-13(18)9-8-11-12(7-6-10-16-11)17-14(19)21-15(2,3)4/h6-10H,5H2,1-4H3,(H,17,19)/b9-8+. The Hall–Kier alpha value is -2.37. The SMILES string of the molecule is CCOC(=O)/C=C/c1ncccc1NC(=O)OC(C)(C)C. The van der Waals surface area contributed by atoms with Gasteiger partial charge >= 0.3 is 12.1 Å². The van der Waals surface area contributed by atoms with E-state index >= 15 is 0 Å². The Kier molecular flexibility index (Phi) is 5.90. The fraction of sp³-hybridized carbons (Fsp3) is 0.400. The van der Waals surface area contributed by atoms with Crippen molar-refractivity contribution in [2.45, 2.75) is 33.3 Å². The summed E-state index contributed by atoms with van der Waals surface area (Å²) < 4.78 is 9.95. The minimum absolute atomic E-state index is 0.300. The molecule has 0 atom stereocenters. The predicted octanol–water partition coefficient (Wildman–Crippen LogP) is 3.00. The molecule has 1 rings (SSSR count). The summed E-state index contributed by atoms with van der Waals surface area (Å²) in [5.74, 6) is -0.466. The van der Waals surface area contributed by atoms with Gasteiger partial charge in [-0.05, 0) is 45.9 Å². The molecule has 1 aromatic rings. The molecule has 0 unspecified atom stereocenters. The third kappa shape index (κ3) is 6.56. The Labute approximate surface area is 124 Å². The van der Waals surface area contributed by atoms with E-state index < -0.39 is 17.7 Å². The van der Waals surface area contributed by atoms with Crippen LogP contribution in [0.5, 0.6) is 0 Å². The molecule has 0 saturated heterocycles. The van der Waals surface area contributed by atoms with Crippen molar-refractivity contribution in [2.75, 3.05) is 11.9 Å². The molecule has 0 fully saturated rings. The third-order valence-electron chi connectivity index (χ3n) is 2.14. The van der Waals surface area contributed by atoms with Gasteiger partial charge in [0.2, 0.25) is 0 Å². The molecule has 0 bridgehead atoms. The lowest BCUT2D eigenvalue weighted by molar-refractivity contribution is -0.137. The highest BCUT2D eigenvalue weighted by Crippen LogP contribution is 2.16. The van der Waals surface area contributed by atoms with Crippen LogP contribution in [0.25, 0.3) is 6.08 Å². The predicted molar refractivity (Wildman–Crippen MR) is 79.8 cm³/mol. The monoisotopic (exact) mass is 292 g/mol. The van der Waals surface area contributed by atoms with E-state index in [-0.39, 0.29) is 0 Å². The maximum atomic E-state index is 11.7. The van der Waals surface area contributed by atoms with Gasteiger partial charge < -0.3 is 9.47 Å². The molecule has 0 aliphatic carbocycles. The Bertz CT molecular complexity index is 533. The van der Waals surface area contributed by atoms with Crippen LogP contribution >= 0.6 is 0 Å². The molecular formula is C15H20N2O4. The van der Waals surface area contributed by atoms with Gasteiger partial charge in [0.15, 0.2) is 0 Å². The van der Waals surface area contributed by atoms with Crippen LogP contribution in [0.1, 0.15) is 33.4 Å². The van der Waals surface area contributed by atoms with E-state index in [2.05, 4.69) is 10.3 Å². The van der Waals surface area contributed by atoms with Crippen LogP contribution in [0.3, 0.4) is 0 Å². The number of anilines is 1. The number of carbonyl (C=O) groups excluding carboxylic acids is 2. The largest absolute Gasteiger partial charge is 0.463 e. The number of hydrogen-bond donors (Lipinski definition) is 1. The third-order valence-corrected chi connectivity index (χ3v) is 2.14. The number of pyridine rings is 1. The summed E-state index contributed by atoms with van der Waals surface area (Å²) in [6.07, 6.45) is 3.71. The first-order valence-electron chi connectivity index (χ1n) is 6.61. The van der Waals surface area contributed by atoms with Crippen LogP contribution in [-0.4, -0.2) is 29.3 Å². The molecule has 21 heavy (non-hydrogen) atoms. The van der Waals surface area contributed by atoms with Gasteiger partial charge in [0.25, 0.3) is 0 Å². The van der Waals surface area contributed by atoms with E-state index in [9.17, 15) is 9.59 Å². The van der Waals surface area contributed by atoms with E-state index in [4.69, 9.17) is 9.47 Å². The molecule has 1 aromatic heterocycles. The summed E-state index contributed by atoms with van der Waals surface area (Å²) in [4.78, 5) is 27.1. The maximum absolute atomic E-state index is 11.7. The second-order valence-corrected chi connectivity index (χ2v) is 5.15. The zero-order valence-corrected chi connectivity index (χ0v) is 12.7. The number of amides is 1. The molecule has 1 N–H and O–H groups in total. The summed E-state index contributed by atoms with van der Waals surface area (Å²) in [6.45, 7) is 7.35. The first kappa shape index (κ1) is 16.7. The summed E-state index contributed by atoms with van der Waals surface area (Å²) >= 11 is 0. The Balaban J connectivity index is 2.80. The fourth-order valence-corrected chi connectivity index (χ4v) is 1.41. The summed E-state index contributed by atoms with van der Waals surface area (Å²) in [5, 5.41) is 2.60. The lowest BCUT2D eigenvalue weighted by Gasteiger charge is -2.20. The number of esters is 1. The summed E-state index contributed by atoms with van der Waals surface area (Å²) in [6, 6.07) is 3.34. The van der Waals surface area contributed by atoms with Crippen molar-refractivity contribution in [1.29, 1.82) is 0 Å². The van der Waals surface area contributed by atoms with Crippen LogP contribution in [-0.2, 0) is 14.3 Å². The number of carbonyl (C=O) groups is 2. The first-order valence-corrected chi connectivity index (χ1v) is 6.61. The van der Waals surface area contributed by atoms with Crippen molar-refractivity contribution in [2.24, 2.45) is 0 Å². The first-order chi connectivity index (χ1) is 9.81. The molecule has 0 spiro atoms. The van der Waals surface area contributed by atoms with Crippen molar-refractivity contribution >= 4 is 23.8 Å². The van der Waals surface area contributed by atoms with Crippen molar-refractivity contribution in [3.63, 3.8) is 0 Å². The van der Waals surface area contributed by atoms with Crippen LogP contribution in [0.2, 0.25) is 0 Å². The second kappa shape index (κ2) is 7.42. The molecule has 1 heterocycles. The zero-order valence-electron chi connectivity index (χ0n) is 12.7. The molecule has 0 aliphatic heterocycles. The second-order valence-electron chi connectivity index (χ2n) is 5.15. The smallest absolute Gasteiger partial charge is 0.412 e. The van der Waals surface area contributed by atoms with Gasteiger partial charge in [0.05, 0.1) is 18.0 Å². The number of aromatic nitrogens is 1. The Morgan fingerprint density at radius 3 is 2.71 bits per heavy atom. The normalized spacial score (nSPS) is 11.2. The Morgan fingerprint density at radius 2 is 2.10 bits per heavy atom. The summed E-state index contributed by atoms with van der Waals surface area (Å²) in [7, 11) is 0. The van der Waals surface area contributed by atoms with Crippen molar-refractivity contribution in [3.8, 4) is 0 Å². The number of hydrogen-bond acceptors (Lipinski definition) is 5. The average Bonchev–Trinajstić information content (AvgIpc) is 2.35. The van der Waals surface area contributed by atoms with Crippen molar-refractivity contribution < 1.29 is 19.1 Å². The highest BCUT2D eigenvalue weighted by molar-refractivity contribution is 5.91. The minimum Gasteiger partial charge on any atom is -0.463 e. The van der Waals surface area contributed by atoms with Gasteiger partial charge in [0, 0.05) is 12.3 Å². The van der Waals surface area contributed by atoms with Gasteiger partial charge in [-0.15, -0.1) is 0 Å². The Morgan fingerprint density at radius 1 is 1.38 bits per heavy atom. The van der Waals surface area contributed by atoms with E-state index in [0.29, 0.717) is 18.0 Å². The van der Waals surface area contributed by atoms with Crippen LogP contribution in [0.15, 0.2) is 24.4 Å². The van der Waals surface area contributed by atoms with Gasteiger partial charge in [-0.2, -0.15) is 0 Å². The van der Waals surface area contributed by atoms with E-state index in [1.54, 1.807) is 46.0 Å². The van der Waals surface area contributed by atoms with Crippen molar-refractivity contribution in [1.82, 2.24) is 4.98 Å². The lowest BCUT2D eigenvalue weighted by atomic mass is 10.2. The van der Waals surface area contributed by atoms with Crippen LogP contribution in [0.4, 0.5) is 10.5 Å². The molecule has 0 radical (unpaired) electrons. The molecule has 0 aromatic carbocycles. The molecule has 0 aliphatic rings.